The van der Waals surface area contributed by atoms with Crippen LogP contribution in [0.1, 0.15) is 39.0 Å². The highest BCUT2D eigenvalue weighted by Crippen LogP contribution is 2.36. The molecule has 0 bridgehead atoms. The Morgan fingerprint density at radius 2 is 1.79 bits per heavy atom. The maximum Gasteiger partial charge on any atom is 0.182 e. The standard InChI is InChI=1S/C14H19N5/c1-14(9-3-2-4-10-14)19-13(16-17-18-19)11-5-7-12(15)8-6-11/h5-8H,2-4,9-10,15H2,1H3. The van der Waals surface area contributed by atoms with Crippen LogP contribution < -0.4 is 5.73 Å². The Hall–Kier alpha value is -1.91. The number of rotatable bonds is 2. The van der Waals surface area contributed by atoms with Gasteiger partial charge >= 0.3 is 0 Å². The first-order chi connectivity index (χ1) is 9.19. The molecule has 100 valence electrons. The number of nitrogen functional groups attached to an aromatic ring is 1. The summed E-state index contributed by atoms with van der Waals surface area (Å²) in [6, 6.07) is 7.72. The number of nitrogens with two attached hydrogens (primary N) is 1. The Morgan fingerprint density at radius 1 is 1.11 bits per heavy atom. The van der Waals surface area contributed by atoms with E-state index in [-0.39, 0.29) is 5.54 Å². The van der Waals surface area contributed by atoms with Crippen molar-refractivity contribution in [2.24, 2.45) is 0 Å². The molecule has 2 aromatic rings. The van der Waals surface area contributed by atoms with Gasteiger partial charge in [-0.3, -0.25) is 0 Å². The summed E-state index contributed by atoms with van der Waals surface area (Å²) in [5, 5.41) is 12.3. The molecular formula is C14H19N5. The summed E-state index contributed by atoms with van der Waals surface area (Å²) < 4.78 is 2.00. The van der Waals surface area contributed by atoms with Crippen LogP contribution in [-0.4, -0.2) is 20.2 Å². The lowest BCUT2D eigenvalue weighted by molar-refractivity contribution is 0.197. The predicted molar refractivity (Wildman–Crippen MR) is 74.4 cm³/mol. The largest absolute Gasteiger partial charge is 0.399 e. The first-order valence-electron chi connectivity index (χ1n) is 6.84. The molecule has 19 heavy (non-hydrogen) atoms. The van der Waals surface area contributed by atoms with Crippen molar-refractivity contribution in [3.05, 3.63) is 24.3 Å². The lowest BCUT2D eigenvalue weighted by Crippen LogP contribution is -2.34. The first kappa shape index (κ1) is 12.1. The second kappa shape index (κ2) is 4.64. The number of tetrazole rings is 1. The molecule has 1 aliphatic rings. The van der Waals surface area contributed by atoms with Gasteiger partial charge in [-0.25, -0.2) is 4.68 Å². The number of benzene rings is 1. The molecule has 1 aliphatic carbocycles. The van der Waals surface area contributed by atoms with Crippen molar-refractivity contribution in [2.45, 2.75) is 44.6 Å². The molecule has 5 heteroatoms. The van der Waals surface area contributed by atoms with Crippen LogP contribution in [0.25, 0.3) is 11.4 Å². The lowest BCUT2D eigenvalue weighted by Gasteiger charge is -2.33. The number of anilines is 1. The van der Waals surface area contributed by atoms with Crippen molar-refractivity contribution in [1.29, 1.82) is 0 Å². The lowest BCUT2D eigenvalue weighted by atomic mass is 9.83. The van der Waals surface area contributed by atoms with Crippen LogP contribution in [0.2, 0.25) is 0 Å². The van der Waals surface area contributed by atoms with E-state index in [1.54, 1.807) is 0 Å². The zero-order valence-electron chi connectivity index (χ0n) is 11.2. The molecule has 1 heterocycles. The third-order valence-electron chi connectivity index (χ3n) is 4.08. The second-order valence-corrected chi connectivity index (χ2v) is 5.59. The van der Waals surface area contributed by atoms with Crippen LogP contribution in [0.3, 0.4) is 0 Å². The maximum absolute atomic E-state index is 5.73. The van der Waals surface area contributed by atoms with E-state index in [2.05, 4.69) is 22.4 Å². The maximum atomic E-state index is 5.73. The molecule has 0 amide bonds. The van der Waals surface area contributed by atoms with E-state index >= 15 is 0 Å². The first-order valence-corrected chi connectivity index (χ1v) is 6.84. The highest BCUT2D eigenvalue weighted by atomic mass is 15.6. The van der Waals surface area contributed by atoms with Crippen LogP contribution in [0.15, 0.2) is 24.3 Å². The molecule has 3 rings (SSSR count). The van der Waals surface area contributed by atoms with Gasteiger partial charge in [0.05, 0.1) is 5.54 Å². The molecule has 0 aliphatic heterocycles. The van der Waals surface area contributed by atoms with Gasteiger partial charge in [-0.15, -0.1) is 5.10 Å². The van der Waals surface area contributed by atoms with Gasteiger partial charge in [-0.1, -0.05) is 19.3 Å². The van der Waals surface area contributed by atoms with Crippen molar-refractivity contribution < 1.29 is 0 Å². The van der Waals surface area contributed by atoms with Gasteiger partial charge in [0.15, 0.2) is 5.82 Å². The number of hydrogen-bond donors (Lipinski definition) is 1. The highest BCUT2D eigenvalue weighted by Gasteiger charge is 2.32. The summed E-state index contributed by atoms with van der Waals surface area (Å²) in [5.74, 6) is 0.837. The van der Waals surface area contributed by atoms with E-state index in [9.17, 15) is 0 Å². The van der Waals surface area contributed by atoms with E-state index in [0.29, 0.717) is 0 Å². The van der Waals surface area contributed by atoms with Crippen LogP contribution in [-0.2, 0) is 5.54 Å². The van der Waals surface area contributed by atoms with Gasteiger partial charge in [0.1, 0.15) is 0 Å². The van der Waals surface area contributed by atoms with Crippen molar-refractivity contribution in [2.75, 3.05) is 5.73 Å². The SMILES string of the molecule is CC1(n2nnnc2-c2ccc(N)cc2)CCCCC1. The second-order valence-electron chi connectivity index (χ2n) is 5.59. The Bertz CT molecular complexity index is 551. The zero-order valence-corrected chi connectivity index (χ0v) is 11.2. The van der Waals surface area contributed by atoms with E-state index in [0.717, 1.165) is 29.9 Å². The van der Waals surface area contributed by atoms with Gasteiger partial charge in [-0.2, -0.15) is 0 Å². The van der Waals surface area contributed by atoms with Crippen LogP contribution in [0, 0.1) is 0 Å². The molecular weight excluding hydrogens is 238 g/mol. The molecule has 0 saturated heterocycles. The van der Waals surface area contributed by atoms with E-state index in [4.69, 9.17) is 5.73 Å². The summed E-state index contributed by atoms with van der Waals surface area (Å²) in [4.78, 5) is 0. The Morgan fingerprint density at radius 3 is 2.47 bits per heavy atom. The highest BCUT2D eigenvalue weighted by molar-refractivity contribution is 5.58. The summed E-state index contributed by atoms with van der Waals surface area (Å²) in [6.45, 7) is 2.25. The molecule has 2 N–H and O–H groups in total. The van der Waals surface area contributed by atoms with Gasteiger partial charge in [0, 0.05) is 11.3 Å². The van der Waals surface area contributed by atoms with E-state index in [1.807, 2.05) is 28.9 Å². The minimum atomic E-state index is 0.0401. The minimum absolute atomic E-state index is 0.0401. The number of hydrogen-bond acceptors (Lipinski definition) is 4. The smallest absolute Gasteiger partial charge is 0.182 e. The number of nitrogens with zero attached hydrogens (tertiary/aromatic N) is 4. The van der Waals surface area contributed by atoms with Crippen molar-refractivity contribution in [1.82, 2.24) is 20.2 Å². The van der Waals surface area contributed by atoms with Crippen LogP contribution in [0.4, 0.5) is 5.69 Å². The minimum Gasteiger partial charge on any atom is -0.399 e. The summed E-state index contributed by atoms with van der Waals surface area (Å²) >= 11 is 0. The van der Waals surface area contributed by atoms with Gasteiger partial charge in [0.2, 0.25) is 0 Å². The van der Waals surface area contributed by atoms with Gasteiger partial charge in [-0.05, 0) is 54.5 Å². The molecule has 0 unspecified atom stereocenters. The molecule has 0 spiro atoms. The van der Waals surface area contributed by atoms with Crippen LogP contribution in [0.5, 0.6) is 0 Å². The zero-order chi connectivity index (χ0) is 13.3. The normalized spacial score (nSPS) is 18.4. The molecule has 1 saturated carbocycles. The topological polar surface area (TPSA) is 69.6 Å². The molecule has 0 radical (unpaired) electrons. The summed E-state index contributed by atoms with van der Waals surface area (Å²) in [5.41, 5.74) is 7.54. The fraction of sp³-hybridized carbons (Fsp3) is 0.500. The fourth-order valence-electron chi connectivity index (χ4n) is 2.89. The molecule has 1 aromatic heterocycles. The molecule has 5 nitrogen and oxygen atoms in total. The predicted octanol–water partition coefficient (Wildman–Crippen LogP) is 2.60. The Labute approximate surface area is 112 Å². The quantitative estimate of drug-likeness (QED) is 0.839. The van der Waals surface area contributed by atoms with Gasteiger partial charge in [0.25, 0.3) is 0 Å². The number of aromatic nitrogens is 4. The van der Waals surface area contributed by atoms with Crippen molar-refractivity contribution in [3.63, 3.8) is 0 Å². The fourth-order valence-corrected chi connectivity index (χ4v) is 2.89. The van der Waals surface area contributed by atoms with Crippen molar-refractivity contribution in [3.8, 4) is 11.4 Å². The third kappa shape index (κ3) is 2.20. The molecule has 0 atom stereocenters. The Balaban J connectivity index is 2.00. The van der Waals surface area contributed by atoms with Gasteiger partial charge < -0.3 is 5.73 Å². The van der Waals surface area contributed by atoms with E-state index < -0.39 is 0 Å². The summed E-state index contributed by atoms with van der Waals surface area (Å²) in [7, 11) is 0. The molecule has 1 fully saturated rings. The summed E-state index contributed by atoms with van der Waals surface area (Å²) in [6.07, 6.45) is 6.09. The third-order valence-corrected chi connectivity index (χ3v) is 4.08. The average Bonchev–Trinajstić information content (AvgIpc) is 2.90. The van der Waals surface area contributed by atoms with E-state index in [1.165, 1.54) is 19.3 Å². The van der Waals surface area contributed by atoms with Crippen molar-refractivity contribution >= 4 is 5.69 Å². The average molecular weight is 257 g/mol. The monoisotopic (exact) mass is 257 g/mol. The Kier molecular flexibility index (Phi) is 2.97. The van der Waals surface area contributed by atoms with Crippen LogP contribution >= 0.6 is 0 Å². The molecule has 1 aromatic carbocycles.